The molecular formula is C13H19BrN2O2. The molecule has 5 heteroatoms. The van der Waals surface area contributed by atoms with Crippen LogP contribution in [0.25, 0.3) is 0 Å². The molecule has 0 aromatic heterocycles. The molecule has 100 valence electrons. The third-order valence-electron chi connectivity index (χ3n) is 2.71. The van der Waals surface area contributed by atoms with E-state index in [9.17, 15) is 4.79 Å². The van der Waals surface area contributed by atoms with Crippen LogP contribution < -0.4 is 15.8 Å². The summed E-state index contributed by atoms with van der Waals surface area (Å²) in [7, 11) is 1.58. The summed E-state index contributed by atoms with van der Waals surface area (Å²) in [5.74, 6) is 0.578. The molecule has 4 nitrogen and oxygen atoms in total. The van der Waals surface area contributed by atoms with Gasteiger partial charge in [-0.3, -0.25) is 4.79 Å². The van der Waals surface area contributed by atoms with E-state index in [-0.39, 0.29) is 11.8 Å². The fraction of sp³-hybridized carbons (Fsp3) is 0.462. The molecule has 0 spiro atoms. The van der Waals surface area contributed by atoms with Crippen molar-refractivity contribution in [2.24, 2.45) is 11.7 Å². The summed E-state index contributed by atoms with van der Waals surface area (Å²) in [5.41, 5.74) is 6.11. The Morgan fingerprint density at radius 1 is 1.56 bits per heavy atom. The second-order valence-corrected chi connectivity index (χ2v) is 5.08. The molecule has 0 fully saturated rings. The molecule has 0 saturated heterocycles. The van der Waals surface area contributed by atoms with Crippen LogP contribution in [-0.4, -0.2) is 19.6 Å². The van der Waals surface area contributed by atoms with Gasteiger partial charge in [-0.05, 0) is 37.6 Å². The summed E-state index contributed by atoms with van der Waals surface area (Å²) >= 11 is 3.37. The van der Waals surface area contributed by atoms with E-state index in [0.717, 1.165) is 17.3 Å². The van der Waals surface area contributed by atoms with Crippen molar-refractivity contribution in [3.63, 3.8) is 0 Å². The summed E-state index contributed by atoms with van der Waals surface area (Å²) in [4.78, 5) is 12.0. The van der Waals surface area contributed by atoms with Crippen LogP contribution in [0.4, 0.5) is 5.69 Å². The summed E-state index contributed by atoms with van der Waals surface area (Å²) in [6, 6.07) is 5.50. The van der Waals surface area contributed by atoms with E-state index in [1.54, 1.807) is 7.11 Å². The third-order valence-corrected chi connectivity index (χ3v) is 3.20. The normalized spacial score (nSPS) is 12.0. The van der Waals surface area contributed by atoms with E-state index in [1.807, 2.05) is 25.1 Å². The van der Waals surface area contributed by atoms with E-state index in [4.69, 9.17) is 10.5 Å². The number of amides is 1. The molecule has 3 N–H and O–H groups in total. The van der Waals surface area contributed by atoms with E-state index in [2.05, 4.69) is 21.2 Å². The van der Waals surface area contributed by atoms with Crippen molar-refractivity contribution in [2.45, 2.75) is 19.8 Å². The predicted molar refractivity (Wildman–Crippen MR) is 76.8 cm³/mol. The second-order valence-electron chi connectivity index (χ2n) is 4.17. The molecule has 1 amide bonds. The van der Waals surface area contributed by atoms with Gasteiger partial charge in [0.1, 0.15) is 5.75 Å². The lowest BCUT2D eigenvalue weighted by Gasteiger charge is -2.14. The molecule has 18 heavy (non-hydrogen) atoms. The maximum absolute atomic E-state index is 12.0. The van der Waals surface area contributed by atoms with Gasteiger partial charge in [0.05, 0.1) is 12.8 Å². The van der Waals surface area contributed by atoms with Gasteiger partial charge in [0, 0.05) is 10.4 Å². The summed E-state index contributed by atoms with van der Waals surface area (Å²) in [5, 5.41) is 2.88. The van der Waals surface area contributed by atoms with Crippen molar-refractivity contribution < 1.29 is 9.53 Å². The van der Waals surface area contributed by atoms with Crippen LogP contribution in [-0.2, 0) is 4.79 Å². The molecule has 0 aliphatic heterocycles. The van der Waals surface area contributed by atoms with Crippen LogP contribution in [0.5, 0.6) is 5.75 Å². The van der Waals surface area contributed by atoms with Gasteiger partial charge in [-0.1, -0.05) is 22.9 Å². The van der Waals surface area contributed by atoms with Crippen molar-refractivity contribution in [3.05, 3.63) is 22.7 Å². The van der Waals surface area contributed by atoms with Gasteiger partial charge < -0.3 is 15.8 Å². The maximum Gasteiger partial charge on any atom is 0.227 e. The number of rotatable bonds is 6. The second kappa shape index (κ2) is 7.38. The van der Waals surface area contributed by atoms with Crippen LogP contribution in [0.3, 0.4) is 0 Å². The lowest BCUT2D eigenvalue weighted by Crippen LogP contribution is -2.21. The van der Waals surface area contributed by atoms with Crippen molar-refractivity contribution in [2.75, 3.05) is 19.0 Å². The number of methoxy groups -OCH3 is 1. The zero-order valence-electron chi connectivity index (χ0n) is 10.7. The van der Waals surface area contributed by atoms with Crippen molar-refractivity contribution in [3.8, 4) is 5.75 Å². The summed E-state index contributed by atoms with van der Waals surface area (Å²) in [6.45, 7) is 2.51. The molecule has 1 atom stereocenters. The number of carbonyl (C=O) groups excluding carboxylic acids is 1. The van der Waals surface area contributed by atoms with Gasteiger partial charge >= 0.3 is 0 Å². The predicted octanol–water partition coefficient (Wildman–Crippen LogP) is 2.77. The SMILES string of the molecule is COc1ccc(Br)cc1NC(=O)C(C)CCCN. The summed E-state index contributed by atoms with van der Waals surface area (Å²) in [6.07, 6.45) is 1.64. The van der Waals surface area contributed by atoms with E-state index in [1.165, 1.54) is 0 Å². The molecule has 1 aromatic rings. The topological polar surface area (TPSA) is 64.3 Å². The van der Waals surface area contributed by atoms with Crippen molar-refractivity contribution in [1.29, 1.82) is 0 Å². The number of carbonyl (C=O) groups is 1. The number of nitrogens with one attached hydrogen (secondary N) is 1. The smallest absolute Gasteiger partial charge is 0.227 e. The Morgan fingerprint density at radius 2 is 2.28 bits per heavy atom. The zero-order valence-corrected chi connectivity index (χ0v) is 12.3. The maximum atomic E-state index is 12.0. The fourth-order valence-electron chi connectivity index (χ4n) is 1.59. The van der Waals surface area contributed by atoms with Crippen LogP contribution in [0, 0.1) is 5.92 Å². The van der Waals surface area contributed by atoms with Crippen LogP contribution >= 0.6 is 15.9 Å². The number of anilines is 1. The average molecular weight is 315 g/mol. The lowest BCUT2D eigenvalue weighted by atomic mass is 10.0. The minimum atomic E-state index is -0.0581. The van der Waals surface area contributed by atoms with Gasteiger partial charge in [0.15, 0.2) is 0 Å². The van der Waals surface area contributed by atoms with Gasteiger partial charge in [0.25, 0.3) is 0 Å². The Kier molecular flexibility index (Phi) is 6.15. The monoisotopic (exact) mass is 314 g/mol. The number of benzene rings is 1. The first-order valence-electron chi connectivity index (χ1n) is 5.93. The number of hydrogen-bond acceptors (Lipinski definition) is 3. The Hall–Kier alpha value is -1.07. The van der Waals surface area contributed by atoms with Crippen LogP contribution in [0.2, 0.25) is 0 Å². The minimum Gasteiger partial charge on any atom is -0.495 e. The van der Waals surface area contributed by atoms with Crippen LogP contribution in [0.15, 0.2) is 22.7 Å². The Morgan fingerprint density at radius 3 is 2.89 bits per heavy atom. The fourth-order valence-corrected chi connectivity index (χ4v) is 1.95. The highest BCUT2D eigenvalue weighted by molar-refractivity contribution is 9.10. The molecule has 0 radical (unpaired) electrons. The van der Waals surface area contributed by atoms with Gasteiger partial charge in [0.2, 0.25) is 5.91 Å². The molecule has 0 heterocycles. The van der Waals surface area contributed by atoms with E-state index in [0.29, 0.717) is 18.0 Å². The largest absolute Gasteiger partial charge is 0.495 e. The van der Waals surface area contributed by atoms with Crippen molar-refractivity contribution >= 4 is 27.5 Å². The molecular weight excluding hydrogens is 296 g/mol. The van der Waals surface area contributed by atoms with Crippen LogP contribution in [0.1, 0.15) is 19.8 Å². The van der Waals surface area contributed by atoms with Gasteiger partial charge in [-0.25, -0.2) is 0 Å². The van der Waals surface area contributed by atoms with Gasteiger partial charge in [-0.2, -0.15) is 0 Å². The Labute approximate surface area is 116 Å². The summed E-state index contributed by atoms with van der Waals surface area (Å²) < 4.78 is 6.10. The number of hydrogen-bond donors (Lipinski definition) is 2. The molecule has 0 aliphatic rings. The minimum absolute atomic E-state index is 0.0140. The molecule has 1 aromatic carbocycles. The Bertz CT molecular complexity index is 410. The highest BCUT2D eigenvalue weighted by atomic mass is 79.9. The average Bonchev–Trinajstić information content (AvgIpc) is 2.36. The molecule has 1 rings (SSSR count). The van der Waals surface area contributed by atoms with E-state index >= 15 is 0 Å². The van der Waals surface area contributed by atoms with Gasteiger partial charge in [-0.15, -0.1) is 0 Å². The molecule has 0 aliphatic carbocycles. The molecule has 0 saturated carbocycles. The molecule has 0 bridgehead atoms. The Balaban J connectivity index is 2.71. The highest BCUT2D eigenvalue weighted by Crippen LogP contribution is 2.28. The first-order valence-corrected chi connectivity index (χ1v) is 6.72. The van der Waals surface area contributed by atoms with E-state index < -0.39 is 0 Å². The standard InChI is InChI=1S/C13H19BrN2O2/c1-9(4-3-7-15)13(17)16-11-8-10(14)5-6-12(11)18-2/h5-6,8-9H,3-4,7,15H2,1-2H3,(H,16,17). The number of halogens is 1. The zero-order chi connectivity index (χ0) is 13.5. The molecule has 1 unspecified atom stereocenters. The number of ether oxygens (including phenoxy) is 1. The highest BCUT2D eigenvalue weighted by Gasteiger charge is 2.14. The number of nitrogens with two attached hydrogens (primary N) is 1. The first kappa shape index (κ1) is 15.0. The van der Waals surface area contributed by atoms with Crippen molar-refractivity contribution in [1.82, 2.24) is 0 Å². The lowest BCUT2D eigenvalue weighted by molar-refractivity contribution is -0.119. The first-order chi connectivity index (χ1) is 8.58. The quantitative estimate of drug-likeness (QED) is 0.848. The third kappa shape index (κ3) is 4.31.